The van der Waals surface area contributed by atoms with Crippen molar-refractivity contribution in [1.29, 1.82) is 0 Å². The van der Waals surface area contributed by atoms with Crippen LogP contribution in [0.25, 0.3) is 64.4 Å². The standard InChI is InChI=1S/C60H43F2NOS/c1-36-24-30-49(46(32-36)37-14-6-5-7-15-37)63(43-27-25-38(26-28-43)59(2,3)4)50-35-48-57(58-54(50)44-20-8-10-22-51(44)64-58)56-47(29-31-53-55(56)45-21-9-11-23-52(45)65-53)60(48,39-16-12-18-41(61)33-39)40-17-13-19-42(62)34-40/h5-35H,1-4H3. The first-order chi connectivity index (χ1) is 31.6. The zero-order valence-electron chi connectivity index (χ0n) is 36.4. The minimum atomic E-state index is -1.18. The predicted octanol–water partition coefficient (Wildman–Crippen LogP) is 17.3. The fraction of sp³-hybridized carbons (Fsp3) is 0.100. The Morgan fingerprint density at radius 3 is 1.92 bits per heavy atom. The van der Waals surface area contributed by atoms with Gasteiger partial charge in [-0.3, -0.25) is 0 Å². The Kier molecular flexibility index (Phi) is 8.82. The average molecular weight is 864 g/mol. The summed E-state index contributed by atoms with van der Waals surface area (Å²) in [6, 6.07) is 63.3. The van der Waals surface area contributed by atoms with Crippen molar-refractivity contribution in [2.24, 2.45) is 0 Å². The Balaban J connectivity index is 1.31. The number of fused-ring (bicyclic) bond motifs is 11. The molecular weight excluding hydrogens is 821 g/mol. The van der Waals surface area contributed by atoms with E-state index in [-0.39, 0.29) is 17.0 Å². The quantitative estimate of drug-likeness (QED) is 0.166. The smallest absolute Gasteiger partial charge is 0.145 e. The van der Waals surface area contributed by atoms with Crippen LogP contribution < -0.4 is 4.90 Å². The van der Waals surface area contributed by atoms with E-state index < -0.39 is 5.41 Å². The molecule has 2 nitrogen and oxygen atoms in total. The Morgan fingerprint density at radius 1 is 0.538 bits per heavy atom. The first-order valence-corrected chi connectivity index (χ1v) is 22.9. The van der Waals surface area contributed by atoms with Crippen LogP contribution in [0.1, 0.15) is 54.2 Å². The molecule has 0 bridgehead atoms. The van der Waals surface area contributed by atoms with Gasteiger partial charge in [-0.05, 0) is 124 Å². The van der Waals surface area contributed by atoms with Gasteiger partial charge in [0.25, 0.3) is 0 Å². The summed E-state index contributed by atoms with van der Waals surface area (Å²) in [5, 5.41) is 4.16. The third-order valence-corrected chi connectivity index (χ3v) is 14.6. The van der Waals surface area contributed by atoms with Crippen LogP contribution in [-0.2, 0) is 10.8 Å². The Bertz CT molecular complexity index is 3640. The van der Waals surface area contributed by atoms with Gasteiger partial charge in [0.1, 0.15) is 22.8 Å². The molecule has 0 saturated carbocycles. The number of furan rings is 1. The van der Waals surface area contributed by atoms with Crippen molar-refractivity contribution in [3.05, 3.63) is 233 Å². The first kappa shape index (κ1) is 39.3. The van der Waals surface area contributed by atoms with E-state index >= 15 is 8.78 Å². The highest BCUT2D eigenvalue weighted by Crippen LogP contribution is 2.63. The normalized spacial score (nSPS) is 13.2. The number of nitrogens with zero attached hydrogens (tertiary/aromatic N) is 1. The van der Waals surface area contributed by atoms with Crippen molar-refractivity contribution >= 4 is 70.5 Å². The van der Waals surface area contributed by atoms with Crippen molar-refractivity contribution in [1.82, 2.24) is 0 Å². The zero-order valence-corrected chi connectivity index (χ0v) is 37.2. The number of hydrogen-bond acceptors (Lipinski definition) is 3. The number of anilines is 3. The van der Waals surface area contributed by atoms with Crippen LogP contribution in [0.4, 0.5) is 25.8 Å². The molecular formula is C60H43F2NOS. The fourth-order valence-electron chi connectivity index (χ4n) is 10.6. The SMILES string of the molecule is Cc1ccc(N(c2ccc(C(C)(C)C)cc2)c2cc3c(c4oc5ccccc5c24)-c2c(ccc4sc5ccccc5c24)C3(c2cccc(F)c2)c2cccc(F)c2)c(-c2ccccc2)c1. The Hall–Kier alpha value is -7.34. The highest BCUT2D eigenvalue weighted by molar-refractivity contribution is 7.26. The summed E-state index contributed by atoms with van der Waals surface area (Å²) in [6.45, 7) is 8.84. The molecule has 0 radical (unpaired) electrons. The van der Waals surface area contributed by atoms with Gasteiger partial charge in [0.05, 0.1) is 22.2 Å². The van der Waals surface area contributed by atoms with Crippen LogP contribution in [0.15, 0.2) is 192 Å². The van der Waals surface area contributed by atoms with E-state index in [9.17, 15) is 0 Å². The third kappa shape index (κ3) is 5.95. The molecule has 0 aliphatic heterocycles. The maximum absolute atomic E-state index is 16.0. The average Bonchev–Trinajstić information content (AvgIpc) is 3.98. The van der Waals surface area contributed by atoms with E-state index in [1.54, 1.807) is 35.6 Å². The number of rotatable bonds is 6. The van der Waals surface area contributed by atoms with Gasteiger partial charge >= 0.3 is 0 Å². The highest BCUT2D eigenvalue weighted by atomic mass is 32.1. The van der Waals surface area contributed by atoms with Crippen molar-refractivity contribution in [3.63, 3.8) is 0 Å². The topological polar surface area (TPSA) is 16.4 Å². The van der Waals surface area contributed by atoms with Crippen LogP contribution in [0.3, 0.4) is 0 Å². The lowest BCUT2D eigenvalue weighted by Crippen LogP contribution is -2.29. The molecule has 314 valence electrons. The first-order valence-electron chi connectivity index (χ1n) is 22.1. The number of thiophene rings is 1. The second-order valence-electron chi connectivity index (χ2n) is 18.4. The second kappa shape index (κ2) is 14.6. The Labute approximate surface area is 380 Å². The summed E-state index contributed by atoms with van der Waals surface area (Å²) in [6.07, 6.45) is 0. The van der Waals surface area contributed by atoms with E-state index in [0.29, 0.717) is 11.1 Å². The fourth-order valence-corrected chi connectivity index (χ4v) is 11.7. The molecule has 2 heterocycles. The van der Waals surface area contributed by atoms with Gasteiger partial charge in [-0.2, -0.15) is 0 Å². The van der Waals surface area contributed by atoms with E-state index in [4.69, 9.17) is 4.42 Å². The van der Waals surface area contributed by atoms with E-state index in [1.807, 2.05) is 30.3 Å². The third-order valence-electron chi connectivity index (χ3n) is 13.5. The van der Waals surface area contributed by atoms with E-state index in [1.165, 1.54) is 22.4 Å². The van der Waals surface area contributed by atoms with Crippen molar-refractivity contribution in [2.45, 2.75) is 38.5 Å². The molecule has 2 aromatic heterocycles. The molecule has 12 rings (SSSR count). The summed E-state index contributed by atoms with van der Waals surface area (Å²) >= 11 is 1.76. The molecule has 0 saturated heterocycles. The molecule has 0 N–H and O–H groups in total. The molecule has 9 aromatic carbocycles. The number of para-hydroxylation sites is 1. The lowest BCUT2D eigenvalue weighted by atomic mass is 9.67. The lowest BCUT2D eigenvalue weighted by Gasteiger charge is -2.35. The summed E-state index contributed by atoms with van der Waals surface area (Å²) in [4.78, 5) is 2.37. The number of halogens is 2. The van der Waals surface area contributed by atoms with E-state index in [2.05, 4.69) is 154 Å². The summed E-state index contributed by atoms with van der Waals surface area (Å²) in [5.41, 5.74) is 12.8. The zero-order chi connectivity index (χ0) is 44.2. The van der Waals surface area contributed by atoms with Gasteiger partial charge in [-0.1, -0.05) is 142 Å². The van der Waals surface area contributed by atoms with Gasteiger partial charge in [0.15, 0.2) is 0 Å². The molecule has 11 aromatic rings. The van der Waals surface area contributed by atoms with Crippen LogP contribution >= 0.6 is 11.3 Å². The van der Waals surface area contributed by atoms with Crippen molar-refractivity contribution in [2.75, 3.05) is 4.90 Å². The van der Waals surface area contributed by atoms with Gasteiger partial charge in [0, 0.05) is 42.4 Å². The van der Waals surface area contributed by atoms with Crippen LogP contribution in [0.2, 0.25) is 0 Å². The molecule has 0 atom stereocenters. The monoisotopic (exact) mass is 863 g/mol. The molecule has 1 aliphatic carbocycles. The highest BCUT2D eigenvalue weighted by Gasteiger charge is 2.50. The molecule has 5 heteroatoms. The van der Waals surface area contributed by atoms with E-state index in [0.717, 1.165) is 93.4 Å². The van der Waals surface area contributed by atoms with Gasteiger partial charge in [-0.15, -0.1) is 11.3 Å². The maximum atomic E-state index is 16.0. The maximum Gasteiger partial charge on any atom is 0.145 e. The molecule has 0 unspecified atom stereocenters. The largest absolute Gasteiger partial charge is 0.455 e. The van der Waals surface area contributed by atoms with Gasteiger partial charge < -0.3 is 9.32 Å². The van der Waals surface area contributed by atoms with Crippen LogP contribution in [0, 0.1) is 18.6 Å². The summed E-state index contributed by atoms with van der Waals surface area (Å²) in [7, 11) is 0. The van der Waals surface area contributed by atoms with Gasteiger partial charge in [-0.25, -0.2) is 8.78 Å². The van der Waals surface area contributed by atoms with Crippen LogP contribution in [-0.4, -0.2) is 0 Å². The summed E-state index contributed by atoms with van der Waals surface area (Å²) in [5.74, 6) is -0.735. The minimum absolute atomic E-state index is 0.0670. The van der Waals surface area contributed by atoms with Crippen LogP contribution in [0.5, 0.6) is 0 Å². The number of benzene rings is 9. The second-order valence-corrected chi connectivity index (χ2v) is 19.5. The molecule has 0 spiro atoms. The molecule has 0 fully saturated rings. The predicted molar refractivity (Wildman–Crippen MR) is 267 cm³/mol. The minimum Gasteiger partial charge on any atom is -0.455 e. The number of aryl methyl sites for hydroxylation is 1. The molecule has 1 aliphatic rings. The van der Waals surface area contributed by atoms with Gasteiger partial charge in [0.2, 0.25) is 0 Å². The number of hydrogen-bond donors (Lipinski definition) is 0. The molecule has 65 heavy (non-hydrogen) atoms. The lowest BCUT2D eigenvalue weighted by molar-refractivity contribution is 0.590. The van der Waals surface area contributed by atoms with Crippen molar-refractivity contribution < 1.29 is 13.2 Å². The molecule has 0 amide bonds. The Morgan fingerprint density at radius 2 is 1.22 bits per heavy atom. The van der Waals surface area contributed by atoms with Crippen molar-refractivity contribution in [3.8, 4) is 22.3 Å². The summed E-state index contributed by atoms with van der Waals surface area (Å²) < 4.78 is 41.7.